The van der Waals surface area contributed by atoms with Crippen LogP contribution in [0.5, 0.6) is 0 Å². The van der Waals surface area contributed by atoms with Crippen molar-refractivity contribution in [2.24, 2.45) is 0 Å². The molecule has 0 amide bonds. The monoisotopic (exact) mass is 290 g/mol. The Labute approximate surface area is 119 Å². The van der Waals surface area contributed by atoms with Crippen LogP contribution in [0.4, 0.5) is 0 Å². The predicted molar refractivity (Wildman–Crippen MR) is 72.0 cm³/mol. The Morgan fingerprint density at radius 2 is 2.25 bits per heavy atom. The van der Waals surface area contributed by atoms with Gasteiger partial charge in [0, 0.05) is 10.6 Å². The summed E-state index contributed by atoms with van der Waals surface area (Å²) in [6.45, 7) is 0.215. The topological polar surface area (TPSA) is 77.0 Å². The van der Waals surface area contributed by atoms with Crippen molar-refractivity contribution in [3.8, 4) is 11.3 Å². The largest absolute Gasteiger partial charge is 0.439 e. The van der Waals surface area contributed by atoms with E-state index in [0.29, 0.717) is 28.9 Å². The number of hydrogen-bond donors (Lipinski definition) is 1. The lowest BCUT2D eigenvalue weighted by Gasteiger charge is -1.97. The fourth-order valence-corrected chi connectivity index (χ4v) is 1.98. The Morgan fingerprint density at radius 1 is 1.35 bits per heavy atom. The number of benzene rings is 1. The molecule has 0 bridgehead atoms. The summed E-state index contributed by atoms with van der Waals surface area (Å²) in [6, 6.07) is 7.36. The van der Waals surface area contributed by atoms with Crippen molar-refractivity contribution in [2.45, 2.75) is 13.2 Å². The van der Waals surface area contributed by atoms with E-state index in [0.717, 1.165) is 5.56 Å². The third kappa shape index (κ3) is 2.71. The number of halogens is 1. The van der Waals surface area contributed by atoms with Crippen molar-refractivity contribution in [3.05, 3.63) is 53.3 Å². The third-order valence-corrected chi connectivity index (χ3v) is 2.94. The van der Waals surface area contributed by atoms with Crippen LogP contribution in [0, 0.1) is 0 Å². The third-order valence-electron chi connectivity index (χ3n) is 2.71. The molecule has 0 spiro atoms. The zero-order chi connectivity index (χ0) is 13.9. The molecule has 0 fully saturated rings. The van der Waals surface area contributed by atoms with E-state index in [2.05, 4.69) is 15.3 Å². The van der Waals surface area contributed by atoms with Crippen molar-refractivity contribution in [2.75, 3.05) is 0 Å². The van der Waals surface area contributed by atoms with E-state index >= 15 is 0 Å². The first-order chi connectivity index (χ1) is 9.74. The maximum absolute atomic E-state index is 8.93. The van der Waals surface area contributed by atoms with Gasteiger partial charge < -0.3 is 9.52 Å². The van der Waals surface area contributed by atoms with Crippen molar-refractivity contribution in [1.82, 2.24) is 20.0 Å². The van der Waals surface area contributed by atoms with Gasteiger partial charge in [-0.25, -0.2) is 9.67 Å². The van der Waals surface area contributed by atoms with Gasteiger partial charge in [-0.1, -0.05) is 28.9 Å². The molecule has 0 unspecified atom stereocenters. The molecule has 20 heavy (non-hydrogen) atoms. The van der Waals surface area contributed by atoms with Gasteiger partial charge in [-0.15, -0.1) is 5.10 Å². The number of oxazole rings is 1. The SMILES string of the molecule is OCc1cn(Cc2ncc(-c3cccc(Cl)c3)o2)nn1. The van der Waals surface area contributed by atoms with Gasteiger partial charge in [-0.2, -0.15) is 0 Å². The van der Waals surface area contributed by atoms with E-state index in [-0.39, 0.29) is 6.61 Å². The van der Waals surface area contributed by atoms with E-state index in [1.54, 1.807) is 23.1 Å². The van der Waals surface area contributed by atoms with Crippen molar-refractivity contribution in [1.29, 1.82) is 0 Å². The summed E-state index contributed by atoms with van der Waals surface area (Å²) >= 11 is 5.94. The summed E-state index contributed by atoms with van der Waals surface area (Å²) < 4.78 is 7.21. The van der Waals surface area contributed by atoms with Crippen LogP contribution in [-0.2, 0) is 13.2 Å². The summed E-state index contributed by atoms with van der Waals surface area (Å²) in [6.07, 6.45) is 3.29. The molecule has 3 rings (SSSR count). The van der Waals surface area contributed by atoms with E-state index in [1.807, 2.05) is 18.2 Å². The molecule has 0 aliphatic heterocycles. The van der Waals surface area contributed by atoms with Gasteiger partial charge in [0.15, 0.2) is 5.76 Å². The molecule has 1 N–H and O–H groups in total. The molecule has 6 nitrogen and oxygen atoms in total. The van der Waals surface area contributed by atoms with Crippen LogP contribution < -0.4 is 0 Å². The summed E-state index contributed by atoms with van der Waals surface area (Å²) in [5, 5.41) is 17.2. The van der Waals surface area contributed by atoms with Gasteiger partial charge in [0.25, 0.3) is 0 Å². The van der Waals surface area contributed by atoms with Crippen LogP contribution in [0.3, 0.4) is 0 Å². The average Bonchev–Trinajstić information content (AvgIpc) is 3.08. The molecule has 2 aromatic heterocycles. The van der Waals surface area contributed by atoms with Crippen LogP contribution in [0.2, 0.25) is 5.02 Å². The second kappa shape index (κ2) is 5.44. The molecule has 0 saturated carbocycles. The van der Waals surface area contributed by atoms with Gasteiger partial charge >= 0.3 is 0 Å². The second-order valence-electron chi connectivity index (χ2n) is 4.19. The van der Waals surface area contributed by atoms with Gasteiger partial charge in [0.2, 0.25) is 5.89 Å². The minimum atomic E-state index is -0.140. The summed E-state index contributed by atoms with van der Waals surface area (Å²) in [5.41, 5.74) is 1.37. The number of aliphatic hydroxyl groups excluding tert-OH is 1. The normalized spacial score (nSPS) is 10.9. The summed E-state index contributed by atoms with van der Waals surface area (Å²) in [5.74, 6) is 1.15. The fraction of sp³-hybridized carbons (Fsp3) is 0.154. The highest BCUT2D eigenvalue weighted by atomic mass is 35.5. The fourth-order valence-electron chi connectivity index (χ4n) is 1.79. The highest BCUT2D eigenvalue weighted by molar-refractivity contribution is 6.30. The maximum Gasteiger partial charge on any atom is 0.216 e. The van der Waals surface area contributed by atoms with Crippen LogP contribution in [-0.4, -0.2) is 25.1 Å². The smallest absolute Gasteiger partial charge is 0.216 e. The van der Waals surface area contributed by atoms with E-state index in [4.69, 9.17) is 21.1 Å². The molecule has 2 heterocycles. The van der Waals surface area contributed by atoms with Crippen LogP contribution >= 0.6 is 11.6 Å². The predicted octanol–water partition coefficient (Wildman–Crippen LogP) is 2.13. The summed E-state index contributed by atoms with van der Waals surface area (Å²) in [7, 11) is 0. The lowest BCUT2D eigenvalue weighted by molar-refractivity contribution is 0.276. The van der Waals surface area contributed by atoms with Gasteiger partial charge in [0.05, 0.1) is 19.0 Å². The Kier molecular flexibility index (Phi) is 3.49. The standard InChI is InChI=1S/C13H11ClN4O2/c14-10-3-1-2-9(4-10)12-5-15-13(20-12)7-18-6-11(8-19)16-17-18/h1-6,19H,7-8H2. The van der Waals surface area contributed by atoms with Crippen LogP contribution in [0.1, 0.15) is 11.6 Å². The molecule has 0 aliphatic carbocycles. The number of rotatable bonds is 4. The van der Waals surface area contributed by atoms with E-state index in [9.17, 15) is 0 Å². The molecular formula is C13H11ClN4O2. The highest BCUT2D eigenvalue weighted by Crippen LogP contribution is 2.23. The highest BCUT2D eigenvalue weighted by Gasteiger charge is 2.08. The Hall–Kier alpha value is -2.18. The first-order valence-electron chi connectivity index (χ1n) is 5.95. The molecule has 3 aromatic rings. The van der Waals surface area contributed by atoms with Crippen molar-refractivity contribution in [3.63, 3.8) is 0 Å². The average molecular weight is 291 g/mol. The lowest BCUT2D eigenvalue weighted by Crippen LogP contribution is -2.00. The first kappa shape index (κ1) is 12.8. The summed E-state index contributed by atoms with van der Waals surface area (Å²) in [4.78, 5) is 4.19. The minimum Gasteiger partial charge on any atom is -0.439 e. The van der Waals surface area contributed by atoms with Gasteiger partial charge in [0.1, 0.15) is 12.2 Å². The lowest BCUT2D eigenvalue weighted by atomic mass is 10.2. The number of nitrogens with zero attached hydrogens (tertiary/aromatic N) is 4. The van der Waals surface area contributed by atoms with Crippen LogP contribution in [0.15, 0.2) is 41.1 Å². The Bertz CT molecular complexity index is 722. The molecular weight excluding hydrogens is 280 g/mol. The molecule has 1 aromatic carbocycles. The molecule has 7 heteroatoms. The maximum atomic E-state index is 8.93. The van der Waals surface area contributed by atoms with Gasteiger partial charge in [-0.05, 0) is 12.1 Å². The van der Waals surface area contributed by atoms with E-state index < -0.39 is 0 Å². The van der Waals surface area contributed by atoms with Gasteiger partial charge in [-0.3, -0.25) is 0 Å². The number of aromatic nitrogens is 4. The van der Waals surface area contributed by atoms with Crippen LogP contribution in [0.25, 0.3) is 11.3 Å². The first-order valence-corrected chi connectivity index (χ1v) is 6.33. The van der Waals surface area contributed by atoms with Crippen molar-refractivity contribution >= 4 is 11.6 Å². The molecule has 0 saturated heterocycles. The molecule has 0 radical (unpaired) electrons. The van der Waals surface area contributed by atoms with E-state index in [1.165, 1.54) is 0 Å². The number of aliphatic hydroxyl groups is 1. The quantitative estimate of drug-likeness (QED) is 0.796. The molecule has 0 aliphatic rings. The Morgan fingerprint density at radius 3 is 3.00 bits per heavy atom. The minimum absolute atomic E-state index is 0.140. The molecule has 102 valence electrons. The molecule has 0 atom stereocenters. The number of hydrogen-bond acceptors (Lipinski definition) is 5. The second-order valence-corrected chi connectivity index (χ2v) is 4.63. The Balaban J connectivity index is 1.80. The van der Waals surface area contributed by atoms with Crippen molar-refractivity contribution < 1.29 is 9.52 Å². The zero-order valence-electron chi connectivity index (χ0n) is 10.4. The zero-order valence-corrected chi connectivity index (χ0v) is 11.2.